The molecule has 13 nitrogen and oxygen atoms in total. The van der Waals surface area contributed by atoms with Gasteiger partial charge in [-0.05, 0) is 73.7 Å². The van der Waals surface area contributed by atoms with E-state index in [9.17, 15) is 28.8 Å². The second kappa shape index (κ2) is 18.2. The maximum atomic E-state index is 13.5. The van der Waals surface area contributed by atoms with E-state index in [4.69, 9.17) is 0 Å². The summed E-state index contributed by atoms with van der Waals surface area (Å²) in [7, 11) is 0. The molecular formula is C44H45N7O6S. The predicted octanol–water partition coefficient (Wildman–Crippen LogP) is 6.86. The van der Waals surface area contributed by atoms with Gasteiger partial charge in [0.25, 0.3) is 23.6 Å². The van der Waals surface area contributed by atoms with Gasteiger partial charge in [0.05, 0.1) is 16.8 Å². The first-order valence-electron chi connectivity index (χ1n) is 19.6. The number of carbonyl (C=O) groups excluding carboxylic acids is 6. The van der Waals surface area contributed by atoms with Crippen LogP contribution in [0.5, 0.6) is 0 Å². The minimum absolute atomic E-state index is 0.185. The number of carbonyl (C=O) groups is 6. The number of para-hydroxylation sites is 1. The van der Waals surface area contributed by atoms with E-state index in [1.54, 1.807) is 24.3 Å². The number of amides is 6. The molecule has 0 spiro atoms. The normalized spacial score (nSPS) is 14.9. The number of benzene rings is 3. The molecule has 2 aliphatic rings. The molecule has 0 radical (unpaired) electrons. The van der Waals surface area contributed by atoms with Crippen molar-refractivity contribution in [1.82, 2.24) is 25.8 Å². The molecule has 4 heterocycles. The number of piperidine rings is 1. The van der Waals surface area contributed by atoms with E-state index in [-0.39, 0.29) is 48.9 Å². The van der Waals surface area contributed by atoms with E-state index in [2.05, 4.69) is 31.6 Å². The summed E-state index contributed by atoms with van der Waals surface area (Å²) in [5.41, 5.74) is 4.75. The largest absolute Gasteiger partial charge is 0.352 e. The molecular weight excluding hydrogens is 755 g/mol. The van der Waals surface area contributed by atoms with Crippen LogP contribution in [0, 0.1) is 6.92 Å². The molecule has 1 atom stereocenters. The summed E-state index contributed by atoms with van der Waals surface area (Å²) in [6.45, 7) is 3.22. The molecule has 14 heteroatoms. The van der Waals surface area contributed by atoms with Crippen molar-refractivity contribution < 1.29 is 28.8 Å². The topological polar surface area (TPSA) is 179 Å². The summed E-state index contributed by atoms with van der Waals surface area (Å²) in [6, 6.07) is 21.4. The number of pyridine rings is 1. The highest BCUT2D eigenvalue weighted by Crippen LogP contribution is 2.31. The van der Waals surface area contributed by atoms with E-state index in [0.717, 1.165) is 59.9 Å². The Bertz CT molecular complexity index is 2390. The Morgan fingerprint density at radius 1 is 0.810 bits per heavy atom. The summed E-state index contributed by atoms with van der Waals surface area (Å²) >= 11 is 1.50. The maximum absolute atomic E-state index is 13.5. The second-order valence-electron chi connectivity index (χ2n) is 14.6. The SMILES string of the molecule is Cc1ccccc1Nc1ncc(C(=O)NCCCCCCCCNC(=O)c2ccc3c(c2)CN(C2CCC(=O)NC2=O)C3=O)cc1NC(=O)c1csc2ccccc12. The smallest absolute Gasteiger partial charge is 0.257 e. The molecule has 0 aliphatic carbocycles. The number of rotatable bonds is 16. The minimum atomic E-state index is -0.698. The van der Waals surface area contributed by atoms with Gasteiger partial charge in [-0.25, -0.2) is 4.98 Å². The zero-order valence-electron chi connectivity index (χ0n) is 32.2. The molecule has 6 amide bonds. The standard InChI is InChI=1S/C44H45N7O6S/c1-27-12-6-8-14-34(27)48-39-35(49-42(55)33-26-58-37-15-9-7-13-32(33)37)23-29(24-47-39)41(54)46-21-11-5-3-2-4-10-20-45-40(53)28-16-17-31-30(22-28)25-51(44(31)57)36-18-19-38(52)50-43(36)56/h6-9,12-17,22-24,26,36H,2-5,10-11,18-21,25H2,1H3,(H,45,53)(H,46,54)(H,47,48)(H,49,55)(H,50,52,56). The summed E-state index contributed by atoms with van der Waals surface area (Å²) in [4.78, 5) is 82.3. The average Bonchev–Trinajstić information content (AvgIpc) is 3.80. The van der Waals surface area contributed by atoms with Gasteiger partial charge in [0.1, 0.15) is 6.04 Å². The van der Waals surface area contributed by atoms with Gasteiger partial charge >= 0.3 is 0 Å². The molecule has 3 aromatic carbocycles. The number of hydrogen-bond acceptors (Lipinski definition) is 9. The van der Waals surface area contributed by atoms with Crippen LogP contribution in [0.15, 0.2) is 84.4 Å². The number of aryl methyl sites for hydroxylation is 1. The lowest BCUT2D eigenvalue weighted by Crippen LogP contribution is -2.52. The van der Waals surface area contributed by atoms with Gasteiger partial charge in [0.15, 0.2) is 5.82 Å². The third kappa shape index (κ3) is 9.24. The van der Waals surface area contributed by atoms with Crippen LogP contribution in [0.3, 0.4) is 0 Å². The summed E-state index contributed by atoms with van der Waals surface area (Å²) in [6.07, 6.45) is 7.45. The molecule has 2 aromatic heterocycles. The van der Waals surface area contributed by atoms with E-state index in [1.807, 2.05) is 60.8 Å². The Hall–Kier alpha value is -6.41. The van der Waals surface area contributed by atoms with Crippen LogP contribution < -0.4 is 26.6 Å². The van der Waals surface area contributed by atoms with E-state index in [1.165, 1.54) is 22.4 Å². The number of hydrogen-bond donors (Lipinski definition) is 5. The van der Waals surface area contributed by atoms with Crippen molar-refractivity contribution in [2.45, 2.75) is 70.9 Å². The first kappa shape index (κ1) is 39.8. The van der Waals surface area contributed by atoms with Crippen LogP contribution in [-0.4, -0.2) is 64.5 Å². The number of fused-ring (bicyclic) bond motifs is 2. The van der Waals surface area contributed by atoms with Gasteiger partial charge in [-0.15, -0.1) is 11.3 Å². The zero-order chi connectivity index (χ0) is 40.6. The molecule has 1 saturated heterocycles. The number of nitrogens with one attached hydrogen (secondary N) is 5. The fraction of sp³-hybridized carbons (Fsp3) is 0.295. The van der Waals surface area contributed by atoms with Crippen molar-refractivity contribution in [1.29, 1.82) is 0 Å². The lowest BCUT2D eigenvalue weighted by molar-refractivity contribution is -0.136. The molecule has 0 saturated carbocycles. The van der Waals surface area contributed by atoms with Gasteiger partial charge in [0.2, 0.25) is 11.8 Å². The van der Waals surface area contributed by atoms with Crippen molar-refractivity contribution in [3.05, 3.63) is 118 Å². The third-order valence-corrected chi connectivity index (χ3v) is 11.4. The molecule has 5 aromatic rings. The van der Waals surface area contributed by atoms with Crippen LogP contribution in [-0.2, 0) is 16.1 Å². The minimum Gasteiger partial charge on any atom is -0.352 e. The predicted molar refractivity (Wildman–Crippen MR) is 223 cm³/mol. The Morgan fingerprint density at radius 2 is 1.52 bits per heavy atom. The van der Waals surface area contributed by atoms with E-state index < -0.39 is 11.9 Å². The third-order valence-electron chi connectivity index (χ3n) is 10.5. The number of thiophene rings is 1. The monoisotopic (exact) mass is 799 g/mol. The number of unbranched alkanes of at least 4 members (excludes halogenated alkanes) is 5. The highest BCUT2D eigenvalue weighted by Gasteiger charge is 2.39. The summed E-state index contributed by atoms with van der Waals surface area (Å²) < 4.78 is 1.01. The highest BCUT2D eigenvalue weighted by molar-refractivity contribution is 7.17. The molecule has 298 valence electrons. The molecule has 5 N–H and O–H groups in total. The Kier molecular flexibility index (Phi) is 12.5. The van der Waals surface area contributed by atoms with Crippen LogP contribution in [0.4, 0.5) is 17.2 Å². The van der Waals surface area contributed by atoms with Gasteiger partial charge in [0, 0.05) is 64.5 Å². The van der Waals surface area contributed by atoms with Crippen LogP contribution in [0.25, 0.3) is 10.1 Å². The van der Waals surface area contributed by atoms with Gasteiger partial charge in [-0.1, -0.05) is 62.1 Å². The first-order valence-corrected chi connectivity index (χ1v) is 20.5. The second-order valence-corrected chi connectivity index (χ2v) is 15.5. The lowest BCUT2D eigenvalue weighted by Gasteiger charge is -2.29. The molecule has 1 unspecified atom stereocenters. The molecule has 1 fully saturated rings. The van der Waals surface area contributed by atoms with Crippen LogP contribution >= 0.6 is 11.3 Å². The molecule has 2 aliphatic heterocycles. The van der Waals surface area contributed by atoms with Gasteiger partial charge < -0.3 is 26.2 Å². The molecule has 58 heavy (non-hydrogen) atoms. The highest BCUT2D eigenvalue weighted by atomic mass is 32.1. The molecule has 0 bridgehead atoms. The zero-order valence-corrected chi connectivity index (χ0v) is 33.0. The lowest BCUT2D eigenvalue weighted by atomic mass is 10.0. The number of aromatic nitrogens is 1. The van der Waals surface area contributed by atoms with Gasteiger partial charge in [-0.2, -0.15) is 0 Å². The Labute approximate surface area is 340 Å². The van der Waals surface area contributed by atoms with E-state index in [0.29, 0.717) is 52.4 Å². The fourth-order valence-corrected chi connectivity index (χ4v) is 8.19. The van der Waals surface area contributed by atoms with Crippen LogP contribution in [0.1, 0.15) is 104 Å². The van der Waals surface area contributed by atoms with Gasteiger partial charge in [-0.3, -0.25) is 34.1 Å². The van der Waals surface area contributed by atoms with Crippen molar-refractivity contribution in [2.24, 2.45) is 0 Å². The van der Waals surface area contributed by atoms with E-state index >= 15 is 0 Å². The van der Waals surface area contributed by atoms with Crippen molar-refractivity contribution >= 4 is 74.1 Å². The van der Waals surface area contributed by atoms with Crippen molar-refractivity contribution in [3.8, 4) is 0 Å². The number of imide groups is 1. The first-order chi connectivity index (χ1) is 28.2. The average molecular weight is 800 g/mol. The maximum Gasteiger partial charge on any atom is 0.257 e. The summed E-state index contributed by atoms with van der Waals surface area (Å²) in [5.74, 6) is -1.42. The Balaban J connectivity index is 0.827. The summed E-state index contributed by atoms with van der Waals surface area (Å²) in [5, 5.41) is 17.2. The number of nitrogens with zero attached hydrogens (tertiary/aromatic N) is 2. The molecule has 7 rings (SSSR count). The number of anilines is 3. The van der Waals surface area contributed by atoms with Crippen LogP contribution in [0.2, 0.25) is 0 Å². The fourth-order valence-electron chi connectivity index (χ4n) is 7.25. The van der Waals surface area contributed by atoms with Crippen molar-refractivity contribution in [3.63, 3.8) is 0 Å². The Morgan fingerprint density at radius 3 is 2.28 bits per heavy atom. The quantitative estimate of drug-likeness (QED) is 0.0531. The van der Waals surface area contributed by atoms with Crippen molar-refractivity contribution in [2.75, 3.05) is 23.7 Å².